The van der Waals surface area contributed by atoms with E-state index in [1.54, 1.807) is 6.21 Å². The van der Waals surface area contributed by atoms with E-state index in [1.807, 2.05) is 31.2 Å². The molecule has 0 saturated carbocycles. The molecule has 4 nitrogen and oxygen atoms in total. The second kappa shape index (κ2) is 4.02. The van der Waals surface area contributed by atoms with E-state index in [2.05, 4.69) is 15.7 Å². The number of nitrogens with one attached hydrogen (secondary N) is 1. The van der Waals surface area contributed by atoms with Crippen LogP contribution in [0.1, 0.15) is 18.1 Å². The van der Waals surface area contributed by atoms with Crippen LogP contribution in [-0.2, 0) is 11.4 Å². The van der Waals surface area contributed by atoms with Crippen LogP contribution in [0.25, 0.3) is 0 Å². The largest absolute Gasteiger partial charge is 0.270 e. The second-order valence-electron chi connectivity index (χ2n) is 2.87. The average molecular weight is 189 g/mol. The lowest BCUT2D eigenvalue weighted by atomic mass is 10.1. The number of hydroxylamine groups is 1. The fourth-order valence-corrected chi connectivity index (χ4v) is 1.30. The van der Waals surface area contributed by atoms with Crippen molar-refractivity contribution in [2.75, 3.05) is 0 Å². The molecule has 1 heterocycles. The molecule has 72 valence electrons. The number of hydrogen-bond donors (Lipinski definition) is 1. The zero-order valence-corrected chi connectivity index (χ0v) is 7.90. The summed E-state index contributed by atoms with van der Waals surface area (Å²) in [5, 5.41) is 7.81. The quantitative estimate of drug-likeness (QED) is 0.537. The van der Waals surface area contributed by atoms with Gasteiger partial charge in [0, 0.05) is 11.8 Å². The molecular weight excluding hydrogens is 178 g/mol. The van der Waals surface area contributed by atoms with Crippen molar-refractivity contribution in [3.8, 4) is 0 Å². The molecule has 0 aromatic heterocycles. The monoisotopic (exact) mass is 189 g/mol. The zero-order valence-electron chi connectivity index (χ0n) is 7.90. The van der Waals surface area contributed by atoms with Gasteiger partial charge in [-0.25, -0.2) is 5.48 Å². The van der Waals surface area contributed by atoms with Crippen molar-refractivity contribution in [3.05, 3.63) is 35.4 Å². The first kappa shape index (κ1) is 8.90. The molecular formula is C10H11N3O. The molecule has 1 aliphatic rings. The third kappa shape index (κ3) is 1.65. The van der Waals surface area contributed by atoms with E-state index >= 15 is 0 Å². The lowest BCUT2D eigenvalue weighted by Crippen LogP contribution is -2.30. The van der Waals surface area contributed by atoms with E-state index in [0.717, 1.165) is 11.1 Å². The van der Waals surface area contributed by atoms with Gasteiger partial charge in [0.15, 0.2) is 5.84 Å². The molecule has 0 bridgehead atoms. The molecule has 4 heteroatoms. The maximum atomic E-state index is 5.15. The van der Waals surface area contributed by atoms with Gasteiger partial charge in [-0.15, -0.1) is 5.10 Å². The normalized spacial score (nSPS) is 18.2. The Morgan fingerprint density at radius 2 is 2.29 bits per heavy atom. The predicted octanol–water partition coefficient (Wildman–Crippen LogP) is 1.47. The second-order valence-corrected chi connectivity index (χ2v) is 2.87. The van der Waals surface area contributed by atoms with E-state index in [0.29, 0.717) is 12.4 Å². The van der Waals surface area contributed by atoms with Crippen LogP contribution >= 0.6 is 0 Å². The van der Waals surface area contributed by atoms with Gasteiger partial charge in [-0.1, -0.05) is 24.3 Å². The molecule has 0 amide bonds. The molecule has 0 atom stereocenters. The van der Waals surface area contributed by atoms with Gasteiger partial charge in [-0.05, 0) is 12.5 Å². The van der Waals surface area contributed by atoms with Crippen molar-refractivity contribution in [1.29, 1.82) is 0 Å². The van der Waals surface area contributed by atoms with E-state index in [4.69, 9.17) is 4.84 Å². The van der Waals surface area contributed by atoms with Crippen LogP contribution in [-0.4, -0.2) is 12.1 Å². The summed E-state index contributed by atoms with van der Waals surface area (Å²) in [6.07, 6.45) is 1.63. The first-order chi connectivity index (χ1) is 6.92. The molecule has 0 aliphatic carbocycles. The van der Waals surface area contributed by atoms with Gasteiger partial charge in [0.05, 0.1) is 0 Å². The fraction of sp³-hybridized carbons (Fsp3) is 0.200. The van der Waals surface area contributed by atoms with Crippen LogP contribution in [0.5, 0.6) is 0 Å². The molecule has 2 rings (SSSR count). The van der Waals surface area contributed by atoms with Gasteiger partial charge < -0.3 is 0 Å². The highest BCUT2D eigenvalue weighted by Gasteiger charge is 2.14. The van der Waals surface area contributed by atoms with Crippen molar-refractivity contribution < 1.29 is 4.84 Å². The highest BCUT2D eigenvalue weighted by molar-refractivity contribution is 6.00. The topological polar surface area (TPSA) is 46.0 Å². The molecule has 0 spiro atoms. The predicted molar refractivity (Wildman–Crippen MR) is 55.1 cm³/mol. The number of fused-ring (bicyclic) bond motifs is 1. The van der Waals surface area contributed by atoms with Crippen LogP contribution in [0.4, 0.5) is 0 Å². The van der Waals surface area contributed by atoms with Gasteiger partial charge >= 0.3 is 0 Å². The SMILES string of the molecule is C/C=N/N=C1\NOCc2ccccc21. The zero-order chi connectivity index (χ0) is 9.80. The number of amidine groups is 1. The third-order valence-corrected chi connectivity index (χ3v) is 1.94. The molecule has 1 N–H and O–H groups in total. The lowest BCUT2D eigenvalue weighted by molar-refractivity contribution is 0.0650. The standard InChI is InChI=1S/C10H11N3O/c1-2-11-12-10-9-6-4-3-5-8(9)7-14-13-10/h2-6H,7H2,1H3,(H,12,13)/b11-2+. The van der Waals surface area contributed by atoms with E-state index in [1.165, 1.54) is 0 Å². The number of benzene rings is 1. The molecule has 0 unspecified atom stereocenters. The maximum Gasteiger partial charge on any atom is 0.179 e. The first-order valence-corrected chi connectivity index (χ1v) is 4.43. The summed E-state index contributed by atoms with van der Waals surface area (Å²) < 4.78 is 0. The molecule has 0 fully saturated rings. The Hall–Kier alpha value is -1.68. The van der Waals surface area contributed by atoms with E-state index < -0.39 is 0 Å². The smallest absolute Gasteiger partial charge is 0.179 e. The van der Waals surface area contributed by atoms with Gasteiger partial charge in [0.1, 0.15) is 6.61 Å². The fourth-order valence-electron chi connectivity index (χ4n) is 1.30. The molecule has 0 radical (unpaired) electrons. The summed E-state index contributed by atoms with van der Waals surface area (Å²) in [6, 6.07) is 7.96. The highest BCUT2D eigenvalue weighted by Crippen LogP contribution is 2.14. The molecule has 1 aliphatic heterocycles. The molecule has 14 heavy (non-hydrogen) atoms. The van der Waals surface area contributed by atoms with Gasteiger partial charge in [-0.3, -0.25) is 4.84 Å². The van der Waals surface area contributed by atoms with Crippen molar-refractivity contribution in [2.24, 2.45) is 10.2 Å². The lowest BCUT2D eigenvalue weighted by Gasteiger charge is -2.18. The van der Waals surface area contributed by atoms with Crippen molar-refractivity contribution >= 4 is 12.1 Å². The third-order valence-electron chi connectivity index (χ3n) is 1.94. The Balaban J connectivity index is 2.40. The van der Waals surface area contributed by atoms with Crippen molar-refractivity contribution in [3.63, 3.8) is 0 Å². The molecule has 0 saturated heterocycles. The Labute approximate surface area is 82.3 Å². The Kier molecular flexibility index (Phi) is 2.55. The Morgan fingerprint density at radius 3 is 3.14 bits per heavy atom. The van der Waals surface area contributed by atoms with Crippen molar-refractivity contribution in [2.45, 2.75) is 13.5 Å². The summed E-state index contributed by atoms with van der Waals surface area (Å²) in [4.78, 5) is 5.15. The van der Waals surface area contributed by atoms with Crippen LogP contribution in [0, 0.1) is 0 Å². The van der Waals surface area contributed by atoms with Gasteiger partial charge in [-0.2, -0.15) is 5.10 Å². The number of nitrogens with zero attached hydrogens (tertiary/aromatic N) is 2. The molecule has 1 aromatic rings. The summed E-state index contributed by atoms with van der Waals surface area (Å²) in [7, 11) is 0. The first-order valence-electron chi connectivity index (χ1n) is 4.43. The van der Waals surface area contributed by atoms with Crippen molar-refractivity contribution in [1.82, 2.24) is 5.48 Å². The number of rotatable bonds is 1. The van der Waals surface area contributed by atoms with E-state index in [-0.39, 0.29) is 0 Å². The van der Waals surface area contributed by atoms with Crippen LogP contribution in [0.2, 0.25) is 0 Å². The van der Waals surface area contributed by atoms with Crippen LogP contribution in [0.3, 0.4) is 0 Å². The Morgan fingerprint density at radius 1 is 1.43 bits per heavy atom. The summed E-state index contributed by atoms with van der Waals surface area (Å²) in [5.41, 5.74) is 4.91. The molecule has 1 aromatic carbocycles. The van der Waals surface area contributed by atoms with Crippen LogP contribution in [0.15, 0.2) is 34.5 Å². The minimum atomic E-state index is 0.561. The minimum Gasteiger partial charge on any atom is -0.270 e. The average Bonchev–Trinajstić information content (AvgIpc) is 2.26. The minimum absolute atomic E-state index is 0.561. The number of hydrogen-bond acceptors (Lipinski definition) is 3. The summed E-state index contributed by atoms with van der Waals surface area (Å²) in [6.45, 7) is 2.38. The van der Waals surface area contributed by atoms with Crippen LogP contribution < -0.4 is 5.48 Å². The summed E-state index contributed by atoms with van der Waals surface area (Å²) in [5.74, 6) is 0.657. The highest BCUT2D eigenvalue weighted by atomic mass is 16.6. The van der Waals surface area contributed by atoms with Gasteiger partial charge in [0.25, 0.3) is 0 Å². The Bertz CT molecular complexity index is 385. The summed E-state index contributed by atoms with van der Waals surface area (Å²) >= 11 is 0. The maximum absolute atomic E-state index is 5.15. The van der Waals surface area contributed by atoms with Gasteiger partial charge in [0.2, 0.25) is 0 Å². The van der Waals surface area contributed by atoms with E-state index in [9.17, 15) is 0 Å².